The molecule has 4 heteroatoms. The van der Waals surface area contributed by atoms with Gasteiger partial charge in [-0.15, -0.1) is 6.58 Å². The first-order valence-corrected chi connectivity index (χ1v) is 8.14. The maximum atomic E-state index is 12.0. The van der Waals surface area contributed by atoms with E-state index in [9.17, 15) is 4.79 Å². The van der Waals surface area contributed by atoms with E-state index in [-0.39, 0.29) is 11.8 Å². The molecule has 3 nitrogen and oxygen atoms in total. The topological polar surface area (TPSA) is 34.4 Å². The first kappa shape index (κ1) is 14.7. The van der Waals surface area contributed by atoms with Gasteiger partial charge in [0.25, 0.3) is 5.91 Å². The fraction of sp³-hybridized carbons (Fsp3) is 0.222. The highest BCUT2D eigenvalue weighted by Crippen LogP contribution is 2.27. The average Bonchev–Trinajstić information content (AvgIpc) is 2.86. The maximum Gasteiger partial charge on any atom is 0.250 e. The van der Waals surface area contributed by atoms with Crippen molar-refractivity contribution in [3.63, 3.8) is 0 Å². The largest absolute Gasteiger partial charge is 0.312 e. The predicted octanol–water partition coefficient (Wildman–Crippen LogP) is 4.13. The lowest BCUT2D eigenvalue weighted by molar-refractivity contribution is -0.120. The first-order valence-electron chi connectivity index (χ1n) is 7.32. The number of benzene rings is 2. The van der Waals surface area contributed by atoms with Gasteiger partial charge >= 0.3 is 0 Å². The predicted molar refractivity (Wildman–Crippen MR) is 92.9 cm³/mol. The summed E-state index contributed by atoms with van der Waals surface area (Å²) in [5.74, 6) is -0.187. The number of hydrogen-bond acceptors (Lipinski definition) is 2. The Morgan fingerprint density at radius 3 is 2.82 bits per heavy atom. The van der Waals surface area contributed by atoms with E-state index >= 15 is 0 Å². The Bertz CT molecular complexity index is 931. The van der Waals surface area contributed by atoms with E-state index in [0.717, 1.165) is 15.0 Å². The second-order valence-electron chi connectivity index (χ2n) is 5.52. The van der Waals surface area contributed by atoms with Gasteiger partial charge in [0.1, 0.15) is 0 Å². The zero-order chi connectivity index (χ0) is 15.7. The van der Waals surface area contributed by atoms with E-state index in [1.54, 1.807) is 11.3 Å². The maximum absolute atomic E-state index is 12.0. The van der Waals surface area contributed by atoms with Gasteiger partial charge in [0.2, 0.25) is 0 Å². The Hall–Kier alpha value is -2.20. The second kappa shape index (κ2) is 5.89. The van der Waals surface area contributed by atoms with E-state index in [1.165, 1.54) is 10.8 Å². The molecule has 1 aromatic heterocycles. The molecule has 0 aliphatic rings. The Kier molecular flexibility index (Phi) is 3.94. The number of allylic oxidation sites excluding steroid dienone is 1. The number of amides is 1. The van der Waals surface area contributed by atoms with Crippen molar-refractivity contribution in [1.82, 2.24) is 4.57 Å². The monoisotopic (exact) mass is 310 g/mol. The van der Waals surface area contributed by atoms with Crippen LogP contribution in [0.1, 0.15) is 13.8 Å². The van der Waals surface area contributed by atoms with Crippen molar-refractivity contribution in [3.8, 4) is 0 Å². The van der Waals surface area contributed by atoms with Gasteiger partial charge < -0.3 is 4.57 Å². The quantitative estimate of drug-likeness (QED) is 0.670. The molecule has 0 aliphatic heterocycles. The van der Waals surface area contributed by atoms with Gasteiger partial charge in [0.15, 0.2) is 4.80 Å². The molecule has 1 amide bonds. The third-order valence-corrected chi connectivity index (χ3v) is 4.71. The number of hydrogen-bond donors (Lipinski definition) is 0. The lowest BCUT2D eigenvalue weighted by Gasteiger charge is -2.03. The van der Waals surface area contributed by atoms with Crippen molar-refractivity contribution >= 4 is 38.2 Å². The fourth-order valence-electron chi connectivity index (χ4n) is 2.41. The lowest BCUT2D eigenvalue weighted by Crippen LogP contribution is -2.17. The number of carbonyl (C=O) groups is 1. The van der Waals surface area contributed by atoms with Crippen LogP contribution in [-0.4, -0.2) is 10.5 Å². The summed E-state index contributed by atoms with van der Waals surface area (Å²) in [6, 6.07) is 12.5. The minimum absolute atomic E-state index is 0.0892. The van der Waals surface area contributed by atoms with Crippen LogP contribution in [0.3, 0.4) is 0 Å². The van der Waals surface area contributed by atoms with Crippen LogP contribution in [0, 0.1) is 5.92 Å². The minimum atomic E-state index is -0.0980. The molecule has 1 heterocycles. The minimum Gasteiger partial charge on any atom is -0.312 e. The zero-order valence-corrected chi connectivity index (χ0v) is 13.6. The third kappa shape index (κ3) is 2.50. The van der Waals surface area contributed by atoms with Crippen molar-refractivity contribution in [1.29, 1.82) is 0 Å². The summed E-state index contributed by atoms with van der Waals surface area (Å²) in [4.78, 5) is 17.1. The number of fused-ring (bicyclic) bond motifs is 3. The van der Waals surface area contributed by atoms with Crippen LogP contribution in [-0.2, 0) is 11.3 Å². The normalized spacial score (nSPS) is 12.4. The summed E-state index contributed by atoms with van der Waals surface area (Å²) >= 11 is 1.57. The SMILES string of the molecule is C=CCn1c(=NC(=O)C(C)C)sc2c3ccccc3ccc21. The number of rotatable bonds is 3. The van der Waals surface area contributed by atoms with Gasteiger partial charge in [0.05, 0.1) is 10.2 Å². The van der Waals surface area contributed by atoms with Crippen LogP contribution in [0.2, 0.25) is 0 Å². The highest BCUT2D eigenvalue weighted by molar-refractivity contribution is 7.17. The molecule has 0 N–H and O–H groups in total. The molecular formula is C18H18N2OS. The van der Waals surface area contributed by atoms with E-state index in [2.05, 4.69) is 40.4 Å². The van der Waals surface area contributed by atoms with Crippen molar-refractivity contribution < 1.29 is 4.79 Å². The summed E-state index contributed by atoms with van der Waals surface area (Å²) < 4.78 is 3.22. The first-order chi connectivity index (χ1) is 10.6. The molecule has 0 atom stereocenters. The number of nitrogens with zero attached hydrogens (tertiary/aromatic N) is 2. The van der Waals surface area contributed by atoms with E-state index in [0.29, 0.717) is 6.54 Å². The molecule has 112 valence electrons. The Balaban J connectivity index is 2.37. The standard InChI is InChI=1S/C18H18N2OS/c1-4-11-20-15-10-9-13-7-5-6-8-14(13)16(15)22-18(20)19-17(21)12(2)3/h4-10,12H,1,11H2,2-3H3. The molecule has 0 spiro atoms. The van der Waals surface area contributed by atoms with Crippen LogP contribution in [0.15, 0.2) is 54.0 Å². The molecule has 2 aromatic carbocycles. The molecule has 0 aliphatic carbocycles. The highest BCUT2D eigenvalue weighted by Gasteiger charge is 2.11. The van der Waals surface area contributed by atoms with Crippen molar-refractivity contribution in [2.45, 2.75) is 20.4 Å². The molecular weight excluding hydrogens is 292 g/mol. The fourth-order valence-corrected chi connectivity index (χ4v) is 3.59. The van der Waals surface area contributed by atoms with Crippen molar-refractivity contribution in [2.24, 2.45) is 10.9 Å². The van der Waals surface area contributed by atoms with Crippen LogP contribution in [0.5, 0.6) is 0 Å². The average molecular weight is 310 g/mol. The summed E-state index contributed by atoms with van der Waals surface area (Å²) in [7, 11) is 0. The molecule has 22 heavy (non-hydrogen) atoms. The Labute approximate surface area is 133 Å². The van der Waals surface area contributed by atoms with E-state index < -0.39 is 0 Å². The van der Waals surface area contributed by atoms with Gasteiger partial charge in [-0.3, -0.25) is 4.79 Å². The third-order valence-electron chi connectivity index (χ3n) is 3.59. The van der Waals surface area contributed by atoms with E-state index in [1.807, 2.05) is 32.1 Å². The lowest BCUT2D eigenvalue weighted by atomic mass is 10.1. The molecule has 0 radical (unpaired) electrons. The van der Waals surface area contributed by atoms with Gasteiger partial charge in [-0.1, -0.05) is 61.6 Å². The number of carbonyl (C=O) groups excluding carboxylic acids is 1. The molecule has 0 fully saturated rings. The van der Waals surface area contributed by atoms with Crippen LogP contribution in [0.25, 0.3) is 21.0 Å². The van der Waals surface area contributed by atoms with Gasteiger partial charge in [-0.05, 0) is 11.5 Å². The van der Waals surface area contributed by atoms with Gasteiger partial charge in [-0.2, -0.15) is 4.99 Å². The van der Waals surface area contributed by atoms with E-state index in [4.69, 9.17) is 0 Å². The Morgan fingerprint density at radius 2 is 2.09 bits per heavy atom. The molecule has 0 unspecified atom stereocenters. The van der Waals surface area contributed by atoms with Crippen LogP contribution in [0.4, 0.5) is 0 Å². The number of aromatic nitrogens is 1. The Morgan fingerprint density at radius 1 is 1.32 bits per heavy atom. The van der Waals surface area contributed by atoms with Crippen molar-refractivity contribution in [3.05, 3.63) is 53.9 Å². The van der Waals surface area contributed by atoms with Crippen molar-refractivity contribution in [2.75, 3.05) is 0 Å². The molecule has 3 rings (SSSR count). The van der Waals surface area contributed by atoms with Gasteiger partial charge in [0, 0.05) is 17.8 Å². The molecule has 3 aromatic rings. The molecule has 0 saturated carbocycles. The molecule has 0 bridgehead atoms. The summed E-state index contributed by atoms with van der Waals surface area (Å²) in [5, 5.41) is 2.39. The zero-order valence-electron chi connectivity index (χ0n) is 12.7. The summed E-state index contributed by atoms with van der Waals surface area (Å²) in [6.45, 7) is 8.19. The van der Waals surface area contributed by atoms with Crippen LogP contribution < -0.4 is 4.80 Å². The van der Waals surface area contributed by atoms with Gasteiger partial charge in [-0.25, -0.2) is 0 Å². The summed E-state index contributed by atoms with van der Waals surface area (Å²) in [5.41, 5.74) is 1.10. The smallest absolute Gasteiger partial charge is 0.250 e. The van der Waals surface area contributed by atoms with Crippen LogP contribution >= 0.6 is 11.3 Å². The highest BCUT2D eigenvalue weighted by atomic mass is 32.1. The second-order valence-corrected chi connectivity index (χ2v) is 6.50. The number of thiazole rings is 1. The summed E-state index contributed by atoms with van der Waals surface area (Å²) in [6.07, 6.45) is 1.83. The molecule has 0 saturated heterocycles.